The fourth-order valence-electron chi connectivity index (χ4n) is 0.316. The Bertz CT molecular complexity index is 277. The van der Waals surface area contributed by atoms with Crippen LogP contribution < -0.4 is 0 Å². The van der Waals surface area contributed by atoms with Gasteiger partial charge in [-0.15, -0.1) is 0 Å². The molecule has 0 saturated carbocycles. The van der Waals surface area contributed by atoms with Crippen LogP contribution in [-0.4, -0.2) is 18.6 Å². The Hall–Kier alpha value is -1.81. The number of esters is 1. The summed E-state index contributed by atoms with van der Waals surface area (Å²) in [4.78, 5) is 13.5. The van der Waals surface area contributed by atoms with Crippen molar-refractivity contribution < 1.29 is 50.2 Å². The first-order chi connectivity index (χ1) is 9.22. The average Bonchev–Trinajstić information content (AvgIpc) is 2.56. The van der Waals surface area contributed by atoms with Gasteiger partial charge >= 0.3 is 68.5 Å². The molecule has 1 atom stereocenters. The van der Waals surface area contributed by atoms with Crippen LogP contribution in [0.4, 0.5) is 0 Å². The molecule has 1 unspecified atom stereocenters. The Morgan fingerprint density at radius 3 is 1.40 bits per heavy atom. The van der Waals surface area contributed by atoms with E-state index in [-0.39, 0.29) is 17.4 Å². The van der Waals surface area contributed by atoms with Gasteiger partial charge in [-0.3, -0.25) is 0 Å². The average molecular weight is 319 g/mol. The summed E-state index contributed by atoms with van der Waals surface area (Å²) >= 11 is 0. The second-order valence-corrected chi connectivity index (χ2v) is 1.56. The summed E-state index contributed by atoms with van der Waals surface area (Å²) in [6.45, 7) is 32.5. The van der Waals surface area contributed by atoms with Crippen LogP contribution in [0.2, 0.25) is 0 Å². The summed E-state index contributed by atoms with van der Waals surface area (Å²) < 4.78 is 42.0. The van der Waals surface area contributed by atoms with Gasteiger partial charge in [-0.2, -0.15) is 0 Å². The van der Waals surface area contributed by atoms with Gasteiger partial charge in [0, 0.05) is 24.3 Å². The normalized spacial score (nSPS) is 5.75. The van der Waals surface area contributed by atoms with E-state index in [4.69, 9.17) is 29.8 Å². The first-order valence-electron chi connectivity index (χ1n) is 3.77. The molecule has 106 valence electrons. The van der Waals surface area contributed by atoms with Gasteiger partial charge in [-0.05, 0) is 6.92 Å². The number of hydrogen-bond acceptors (Lipinski definition) is 2. The molecule has 0 aliphatic carbocycles. The van der Waals surface area contributed by atoms with Gasteiger partial charge in [0.05, 0.1) is 6.61 Å². The van der Waals surface area contributed by atoms with Crippen molar-refractivity contribution in [2.75, 3.05) is 6.61 Å². The van der Waals surface area contributed by atoms with E-state index in [0.29, 0.717) is 6.61 Å². The summed E-state index contributed by atoms with van der Waals surface area (Å²) in [5.74, 6) is -0.437. The molecule has 0 heterocycles. The standard InChI is InChI=1S/C6H9NO2.5CO.Cr/c1-4-9-6(8)5(2)7-3;5*1-2;/h5H,4H2,1-2H3;;;;;;. The molecule has 0 aromatic heterocycles. The van der Waals surface area contributed by atoms with E-state index in [0.717, 1.165) is 0 Å². The Balaban J connectivity index is -0.0000000261. The number of carbonyl (C=O) groups is 1. The van der Waals surface area contributed by atoms with Crippen molar-refractivity contribution in [2.45, 2.75) is 19.9 Å². The smallest absolute Gasteiger partial charge is 0 e. The summed E-state index contributed by atoms with van der Waals surface area (Å²) in [5.41, 5.74) is 0. The maximum absolute atomic E-state index is 10.5. The molecule has 0 saturated heterocycles. The maximum Gasteiger partial charge on any atom is 0 e. The van der Waals surface area contributed by atoms with Crippen LogP contribution in [0.15, 0.2) is 0 Å². The molecule has 0 aliphatic heterocycles. The number of carbonyl (C=O) groups excluding carboxylic acids is 1. The van der Waals surface area contributed by atoms with E-state index in [9.17, 15) is 4.79 Å². The van der Waals surface area contributed by atoms with E-state index < -0.39 is 12.0 Å². The van der Waals surface area contributed by atoms with E-state index in [1.54, 1.807) is 6.92 Å². The molecule has 0 rings (SSSR count). The summed E-state index contributed by atoms with van der Waals surface area (Å²) in [6, 6.07) is -0.648. The van der Waals surface area contributed by atoms with Crippen molar-refractivity contribution in [2.24, 2.45) is 0 Å². The summed E-state index contributed by atoms with van der Waals surface area (Å²) in [7, 11) is 0. The third kappa shape index (κ3) is 72.2. The van der Waals surface area contributed by atoms with Crippen LogP contribution in [0.1, 0.15) is 13.8 Å². The second kappa shape index (κ2) is 87.1. The second-order valence-electron chi connectivity index (χ2n) is 1.56. The van der Waals surface area contributed by atoms with Crippen LogP contribution in [0, 0.1) is 39.8 Å². The molecule has 0 fully saturated rings. The van der Waals surface area contributed by atoms with Gasteiger partial charge in [-0.1, -0.05) is 0 Å². The van der Waals surface area contributed by atoms with Gasteiger partial charge in [0.25, 0.3) is 0 Å². The quantitative estimate of drug-likeness (QED) is 0.420. The van der Waals surface area contributed by atoms with E-state index in [2.05, 4.69) is 42.8 Å². The van der Waals surface area contributed by atoms with Crippen molar-refractivity contribution in [3.63, 3.8) is 0 Å². The van der Waals surface area contributed by atoms with Crippen LogP contribution in [0.3, 0.4) is 0 Å². The molecule has 0 aliphatic rings. The zero-order chi connectivity index (χ0) is 17.3. The minimum Gasteiger partial charge on any atom is 0 e. The molecule has 0 aromatic rings. The number of ether oxygens (including phenoxy) is 1. The van der Waals surface area contributed by atoms with Crippen LogP contribution in [0.5, 0.6) is 0 Å². The monoisotopic (exact) mass is 319 g/mol. The first kappa shape index (κ1) is 42.9. The summed E-state index contributed by atoms with van der Waals surface area (Å²) in [6.07, 6.45) is 0. The number of rotatable bonds is 2. The topological polar surface area (TPSA) is 130 Å². The van der Waals surface area contributed by atoms with Gasteiger partial charge in [-0.25, -0.2) is 11.4 Å². The predicted octanol–water partition coefficient (Wildman–Crippen LogP) is 0.667. The van der Waals surface area contributed by atoms with Crippen molar-refractivity contribution in [3.8, 4) is 0 Å². The zero-order valence-electron chi connectivity index (χ0n) is 10.5. The Morgan fingerprint density at radius 1 is 1.00 bits per heavy atom. The molecular weight excluding hydrogens is 310 g/mol. The molecule has 0 N–H and O–H groups in total. The minimum atomic E-state index is -0.648. The maximum atomic E-state index is 10.5. The first-order valence-corrected chi connectivity index (χ1v) is 3.77. The molecule has 0 bridgehead atoms. The third-order valence-electron chi connectivity index (χ3n) is 0.821. The molecule has 0 amide bonds. The molecule has 20 heavy (non-hydrogen) atoms. The van der Waals surface area contributed by atoms with Crippen molar-refractivity contribution >= 4 is 5.97 Å². The summed E-state index contributed by atoms with van der Waals surface area (Å²) in [5, 5.41) is 0. The Morgan fingerprint density at radius 2 is 1.25 bits per heavy atom. The minimum absolute atomic E-state index is 0. The number of hydrogen-bond donors (Lipinski definition) is 0. The Labute approximate surface area is 128 Å². The van der Waals surface area contributed by atoms with E-state index in [1.807, 2.05) is 0 Å². The Kier molecular flexibility index (Phi) is 187. The van der Waals surface area contributed by atoms with Crippen molar-refractivity contribution in [1.29, 1.82) is 0 Å². The molecule has 0 aromatic carbocycles. The largest absolute Gasteiger partial charge is 0 e. The predicted molar refractivity (Wildman–Crippen MR) is 52.3 cm³/mol. The van der Waals surface area contributed by atoms with Gasteiger partial charge in [0.15, 0.2) is 0 Å². The SMILES string of the molecule is [C-]#[N+]C(C)C(=O)OCC.[C-]#[O+].[C-]#[O+].[C-]#[O+].[C-]#[O+].[C-]#[O+].[Cr]. The van der Waals surface area contributed by atoms with E-state index in [1.165, 1.54) is 6.92 Å². The molecule has 9 heteroatoms. The van der Waals surface area contributed by atoms with Gasteiger partial charge < -0.3 is 9.58 Å². The molecule has 8 nitrogen and oxygen atoms in total. The molecule has 0 spiro atoms. The third-order valence-corrected chi connectivity index (χ3v) is 0.821. The van der Waals surface area contributed by atoms with Gasteiger partial charge in [0.2, 0.25) is 0 Å². The fourth-order valence-corrected chi connectivity index (χ4v) is 0.316. The van der Waals surface area contributed by atoms with Crippen LogP contribution in [0.25, 0.3) is 4.85 Å². The van der Waals surface area contributed by atoms with Crippen molar-refractivity contribution in [3.05, 3.63) is 44.7 Å². The van der Waals surface area contributed by atoms with Crippen LogP contribution >= 0.6 is 0 Å². The van der Waals surface area contributed by atoms with E-state index >= 15 is 0 Å². The van der Waals surface area contributed by atoms with Crippen LogP contribution in [-0.2, 0) is 50.2 Å². The van der Waals surface area contributed by atoms with Gasteiger partial charge in [0.1, 0.15) is 0 Å². The zero-order valence-corrected chi connectivity index (χ0v) is 11.8. The number of nitrogens with zero attached hydrogens (tertiary/aromatic N) is 1. The molecular formula is C11H9CrNO7. The molecule has 0 radical (unpaired) electrons. The van der Waals surface area contributed by atoms with Crippen molar-refractivity contribution in [1.82, 2.24) is 0 Å². The fraction of sp³-hybridized carbons (Fsp3) is 0.364.